The first-order valence-corrected chi connectivity index (χ1v) is 7.25. The lowest BCUT2D eigenvalue weighted by Gasteiger charge is -2.16. The fraction of sp³-hybridized carbons (Fsp3) is 0.267. The number of aliphatic hydroxyl groups excluding tert-OH is 1. The van der Waals surface area contributed by atoms with Crippen molar-refractivity contribution in [1.29, 1.82) is 0 Å². The third kappa shape index (κ3) is 4.22. The lowest BCUT2D eigenvalue weighted by Crippen LogP contribution is -2.13. The molecule has 0 aliphatic rings. The monoisotopic (exact) mass is 313 g/mol. The van der Waals surface area contributed by atoms with E-state index in [1.807, 2.05) is 31.2 Å². The van der Waals surface area contributed by atoms with Crippen LogP contribution in [0.2, 0.25) is 0 Å². The molecule has 1 unspecified atom stereocenters. The number of rotatable bonds is 4. The number of thioether (sulfide) groups is 1. The molecule has 0 bridgehead atoms. The number of aliphatic hydroxyl groups is 1. The van der Waals surface area contributed by atoms with Gasteiger partial charge in [0.25, 0.3) is 0 Å². The molecule has 0 saturated carbocycles. The van der Waals surface area contributed by atoms with E-state index < -0.39 is 17.8 Å². The first kappa shape index (κ1) is 15.9. The molecular formula is C15H14F3NOS. The van der Waals surface area contributed by atoms with Crippen molar-refractivity contribution in [2.24, 2.45) is 0 Å². The molecule has 6 heteroatoms. The van der Waals surface area contributed by atoms with Crippen molar-refractivity contribution >= 4 is 11.8 Å². The van der Waals surface area contributed by atoms with Gasteiger partial charge in [-0.15, -0.1) is 11.8 Å². The lowest BCUT2D eigenvalue weighted by molar-refractivity contribution is -0.139. The third-order valence-electron chi connectivity index (χ3n) is 2.91. The van der Waals surface area contributed by atoms with E-state index in [4.69, 9.17) is 0 Å². The highest BCUT2D eigenvalue weighted by Gasteiger charge is 2.34. The molecule has 1 atom stereocenters. The fourth-order valence-electron chi connectivity index (χ4n) is 1.90. The van der Waals surface area contributed by atoms with E-state index in [-0.39, 0.29) is 11.3 Å². The highest BCUT2D eigenvalue weighted by molar-refractivity contribution is 7.99. The van der Waals surface area contributed by atoms with E-state index in [2.05, 4.69) is 4.98 Å². The van der Waals surface area contributed by atoms with Gasteiger partial charge in [0.05, 0.1) is 11.7 Å². The van der Waals surface area contributed by atoms with Gasteiger partial charge in [-0.3, -0.25) is 4.98 Å². The first-order chi connectivity index (χ1) is 9.88. The fourth-order valence-corrected chi connectivity index (χ4v) is 2.87. The number of nitrogens with zero attached hydrogens (tertiary/aromatic N) is 1. The van der Waals surface area contributed by atoms with Crippen LogP contribution in [0.25, 0.3) is 0 Å². The highest BCUT2D eigenvalue weighted by atomic mass is 32.2. The van der Waals surface area contributed by atoms with Crippen LogP contribution in [0.15, 0.2) is 47.6 Å². The predicted molar refractivity (Wildman–Crippen MR) is 76.1 cm³/mol. The van der Waals surface area contributed by atoms with Crippen molar-refractivity contribution in [3.8, 4) is 0 Å². The lowest BCUT2D eigenvalue weighted by atomic mass is 10.1. The van der Waals surface area contributed by atoms with Gasteiger partial charge in [-0.25, -0.2) is 0 Å². The second-order valence-electron chi connectivity index (χ2n) is 4.60. The minimum Gasteiger partial charge on any atom is -0.387 e. The molecule has 0 saturated heterocycles. The SMILES string of the molecule is Cc1cccc(SCC(O)c2cnccc2C(F)(F)F)c1. The third-order valence-corrected chi connectivity index (χ3v) is 3.98. The topological polar surface area (TPSA) is 33.1 Å². The number of halogens is 3. The van der Waals surface area contributed by atoms with Crippen molar-refractivity contribution in [2.75, 3.05) is 5.75 Å². The minimum atomic E-state index is -4.49. The van der Waals surface area contributed by atoms with Crippen LogP contribution in [0.1, 0.15) is 22.8 Å². The molecule has 0 spiro atoms. The average molecular weight is 313 g/mol. The molecule has 2 aromatic rings. The maximum Gasteiger partial charge on any atom is 0.416 e. The van der Waals surface area contributed by atoms with Crippen molar-refractivity contribution in [3.05, 3.63) is 59.4 Å². The Bertz CT molecular complexity index is 616. The summed E-state index contributed by atoms with van der Waals surface area (Å²) in [5.41, 5.74) is 0.0341. The van der Waals surface area contributed by atoms with Gasteiger partial charge in [0.2, 0.25) is 0 Å². The summed E-state index contributed by atoms with van der Waals surface area (Å²) in [6.45, 7) is 1.93. The molecule has 0 fully saturated rings. The second kappa shape index (κ2) is 6.49. The highest BCUT2D eigenvalue weighted by Crippen LogP contribution is 2.35. The van der Waals surface area contributed by atoms with Gasteiger partial charge in [-0.2, -0.15) is 13.2 Å². The number of aryl methyl sites for hydroxylation is 1. The van der Waals surface area contributed by atoms with Crippen LogP contribution in [0, 0.1) is 6.92 Å². The van der Waals surface area contributed by atoms with E-state index in [9.17, 15) is 18.3 Å². The van der Waals surface area contributed by atoms with Gasteiger partial charge in [0, 0.05) is 28.6 Å². The number of aromatic nitrogens is 1. The normalized spacial score (nSPS) is 13.2. The number of hydrogen-bond acceptors (Lipinski definition) is 3. The molecule has 0 amide bonds. The summed E-state index contributed by atoms with van der Waals surface area (Å²) in [4.78, 5) is 4.59. The van der Waals surface area contributed by atoms with Crippen LogP contribution in [-0.4, -0.2) is 15.8 Å². The molecule has 112 valence electrons. The molecule has 1 heterocycles. The quantitative estimate of drug-likeness (QED) is 0.857. The molecule has 0 aliphatic carbocycles. The van der Waals surface area contributed by atoms with Gasteiger partial charge in [-0.05, 0) is 25.1 Å². The van der Waals surface area contributed by atoms with E-state index in [1.165, 1.54) is 11.8 Å². The molecule has 2 nitrogen and oxygen atoms in total. The van der Waals surface area contributed by atoms with Gasteiger partial charge in [0.15, 0.2) is 0 Å². The summed E-state index contributed by atoms with van der Waals surface area (Å²) in [5.74, 6) is 0.137. The van der Waals surface area contributed by atoms with Gasteiger partial charge < -0.3 is 5.11 Å². The first-order valence-electron chi connectivity index (χ1n) is 6.26. The molecule has 21 heavy (non-hydrogen) atoms. The maximum absolute atomic E-state index is 12.9. The number of pyridine rings is 1. The second-order valence-corrected chi connectivity index (χ2v) is 5.70. The Kier molecular flexibility index (Phi) is 4.90. The van der Waals surface area contributed by atoms with Crippen LogP contribution in [-0.2, 0) is 6.18 Å². The predicted octanol–water partition coefficient (Wildman–Crippen LogP) is 4.23. The Hall–Kier alpha value is -1.53. The molecule has 0 radical (unpaired) electrons. The van der Waals surface area contributed by atoms with E-state index >= 15 is 0 Å². The smallest absolute Gasteiger partial charge is 0.387 e. The Morgan fingerprint density at radius 2 is 2.05 bits per heavy atom. The van der Waals surface area contributed by atoms with Crippen LogP contribution < -0.4 is 0 Å². The zero-order valence-corrected chi connectivity index (χ0v) is 12.1. The van der Waals surface area contributed by atoms with E-state index in [0.29, 0.717) is 0 Å². The Morgan fingerprint density at radius 1 is 1.29 bits per heavy atom. The van der Waals surface area contributed by atoms with Crippen molar-refractivity contribution in [2.45, 2.75) is 24.1 Å². The molecule has 0 aliphatic heterocycles. The molecule has 1 aromatic heterocycles. The summed E-state index contributed by atoms with van der Waals surface area (Å²) in [7, 11) is 0. The van der Waals surface area contributed by atoms with Gasteiger partial charge in [-0.1, -0.05) is 17.7 Å². The average Bonchev–Trinajstić information content (AvgIpc) is 2.44. The van der Waals surface area contributed by atoms with E-state index in [1.54, 1.807) is 0 Å². The summed E-state index contributed by atoms with van der Waals surface area (Å²) in [5, 5.41) is 10.0. The Balaban J connectivity index is 2.12. The van der Waals surface area contributed by atoms with Crippen LogP contribution in [0.5, 0.6) is 0 Å². The standard InChI is InChI=1S/C15H14F3NOS/c1-10-3-2-4-11(7-10)21-9-14(20)12-8-19-6-5-13(12)15(16,17)18/h2-8,14,20H,9H2,1H3. The van der Waals surface area contributed by atoms with Crippen LogP contribution >= 0.6 is 11.8 Å². The van der Waals surface area contributed by atoms with Crippen LogP contribution in [0.3, 0.4) is 0 Å². The zero-order valence-electron chi connectivity index (χ0n) is 11.3. The molecule has 2 rings (SSSR count). The molecule has 1 aromatic carbocycles. The van der Waals surface area contributed by atoms with E-state index in [0.717, 1.165) is 28.9 Å². The summed E-state index contributed by atoms with van der Waals surface area (Å²) >= 11 is 1.31. The van der Waals surface area contributed by atoms with Crippen molar-refractivity contribution in [1.82, 2.24) is 4.98 Å². The Labute approximate surface area is 125 Å². The number of hydrogen-bond donors (Lipinski definition) is 1. The summed E-state index contributed by atoms with van der Waals surface area (Å²) < 4.78 is 38.6. The minimum absolute atomic E-state index is 0.137. The Morgan fingerprint density at radius 3 is 2.71 bits per heavy atom. The largest absolute Gasteiger partial charge is 0.416 e. The van der Waals surface area contributed by atoms with Gasteiger partial charge >= 0.3 is 6.18 Å². The number of benzene rings is 1. The molecule has 1 N–H and O–H groups in total. The van der Waals surface area contributed by atoms with Gasteiger partial charge in [0.1, 0.15) is 0 Å². The molecular weight excluding hydrogens is 299 g/mol. The van der Waals surface area contributed by atoms with Crippen molar-refractivity contribution < 1.29 is 18.3 Å². The summed E-state index contributed by atoms with van der Waals surface area (Å²) in [6.07, 6.45) is -3.56. The maximum atomic E-state index is 12.9. The number of alkyl halides is 3. The summed E-state index contributed by atoms with van der Waals surface area (Å²) in [6, 6.07) is 8.47. The van der Waals surface area contributed by atoms with Crippen LogP contribution in [0.4, 0.5) is 13.2 Å². The zero-order chi connectivity index (χ0) is 15.5. The van der Waals surface area contributed by atoms with Crippen molar-refractivity contribution in [3.63, 3.8) is 0 Å².